The molecule has 0 aliphatic carbocycles. The molecule has 1 aromatic carbocycles. The first-order valence-corrected chi connectivity index (χ1v) is 12.5. The van der Waals surface area contributed by atoms with Crippen LogP contribution in [0.2, 0.25) is 5.02 Å². The fraction of sp³-hybridized carbons (Fsp3) is 0.632. The lowest BCUT2D eigenvalue weighted by Gasteiger charge is -2.45. The van der Waals surface area contributed by atoms with Crippen LogP contribution in [0, 0.1) is 0 Å². The predicted molar refractivity (Wildman–Crippen MR) is 131 cm³/mol. The Kier molecular flexibility index (Phi) is 9.64. The first-order valence-electron chi connectivity index (χ1n) is 9.87. The first kappa shape index (κ1) is 27.0. The lowest BCUT2D eigenvalue weighted by Crippen LogP contribution is -2.55. The number of rotatable bonds is 4. The molecule has 3 rings (SSSR count). The van der Waals surface area contributed by atoms with E-state index in [4.69, 9.17) is 90.7 Å². The van der Waals surface area contributed by atoms with Gasteiger partial charge < -0.3 is 14.4 Å². The summed E-state index contributed by atoms with van der Waals surface area (Å²) < 4.78 is 6.57. The van der Waals surface area contributed by atoms with Gasteiger partial charge in [0.05, 0.1) is 19.4 Å². The highest BCUT2D eigenvalue weighted by atomic mass is 35.6. The zero-order valence-corrected chi connectivity index (χ0v) is 22.1. The maximum atomic E-state index is 12.7. The van der Waals surface area contributed by atoms with Gasteiger partial charge in [-0.15, -0.1) is 0 Å². The van der Waals surface area contributed by atoms with E-state index in [-0.39, 0.29) is 6.17 Å². The lowest BCUT2D eigenvalue weighted by molar-refractivity contribution is -0.0486. The molecule has 180 valence electrons. The third-order valence-electron chi connectivity index (χ3n) is 5.31. The number of ether oxygens (including phenoxy) is 2. The third-order valence-corrected chi connectivity index (χ3v) is 6.84. The van der Waals surface area contributed by atoms with Crippen molar-refractivity contribution < 1.29 is 14.3 Å². The average molecular weight is 589 g/mol. The molecule has 0 radical (unpaired) electrons. The molecule has 1 aromatic rings. The Balaban J connectivity index is 1.69. The maximum absolute atomic E-state index is 12.7. The number of benzene rings is 1. The smallest absolute Gasteiger partial charge is 0.410 e. The monoisotopic (exact) mass is 585 g/mol. The van der Waals surface area contributed by atoms with Crippen molar-refractivity contribution in [2.45, 2.75) is 19.9 Å². The van der Waals surface area contributed by atoms with Crippen LogP contribution in [-0.2, 0) is 9.47 Å². The van der Waals surface area contributed by atoms with Gasteiger partial charge in [-0.25, -0.2) is 4.79 Å². The Morgan fingerprint density at radius 2 is 1.41 bits per heavy atom. The molecule has 0 aromatic heterocycles. The average Bonchev–Trinajstić information content (AvgIpc) is 2.73. The molecular weight excluding hydrogens is 566 g/mol. The second kappa shape index (κ2) is 11.4. The molecule has 2 fully saturated rings. The van der Waals surface area contributed by atoms with Crippen LogP contribution in [0.3, 0.4) is 0 Å². The highest BCUT2D eigenvalue weighted by molar-refractivity contribution is 6.73. The highest BCUT2D eigenvalue weighted by Crippen LogP contribution is 2.45. The summed E-state index contributed by atoms with van der Waals surface area (Å²) >= 11 is 41.6. The van der Waals surface area contributed by atoms with Gasteiger partial charge in [0.15, 0.2) is 6.10 Å². The summed E-state index contributed by atoms with van der Waals surface area (Å²) in [5.74, 6) is 0. The van der Waals surface area contributed by atoms with Crippen LogP contribution in [0.4, 0.5) is 4.79 Å². The van der Waals surface area contributed by atoms with Crippen LogP contribution >= 0.6 is 81.2 Å². The van der Waals surface area contributed by atoms with E-state index in [1.807, 2.05) is 24.3 Å². The van der Waals surface area contributed by atoms with Gasteiger partial charge in [0, 0.05) is 49.9 Å². The number of carbonyl (C=O) groups excluding carboxylic acids is 1. The van der Waals surface area contributed by atoms with E-state index in [0.29, 0.717) is 44.4 Å². The molecule has 1 atom stereocenters. The molecule has 1 unspecified atom stereocenters. The maximum Gasteiger partial charge on any atom is 0.410 e. The number of nitrogens with zero attached hydrogens (tertiary/aromatic N) is 3. The van der Waals surface area contributed by atoms with Gasteiger partial charge in [0.25, 0.3) is 0 Å². The van der Waals surface area contributed by atoms with Gasteiger partial charge in [-0.2, -0.15) is 0 Å². The first-order chi connectivity index (χ1) is 15.0. The fourth-order valence-electron chi connectivity index (χ4n) is 3.77. The minimum atomic E-state index is -2.10. The van der Waals surface area contributed by atoms with E-state index in [2.05, 4.69) is 9.80 Å². The zero-order chi connectivity index (χ0) is 23.5. The van der Waals surface area contributed by atoms with E-state index in [1.165, 1.54) is 4.90 Å². The zero-order valence-electron chi connectivity index (χ0n) is 16.8. The van der Waals surface area contributed by atoms with Crippen molar-refractivity contribution in [3.63, 3.8) is 0 Å². The molecule has 0 N–H and O–H groups in total. The Labute approximate surface area is 222 Å². The molecule has 0 saturated carbocycles. The fourth-order valence-corrected chi connectivity index (χ4v) is 5.76. The standard InChI is InChI=1S/C19H22Cl7N3O3/c20-14-4-2-1-3-13(14)15(28-9-11-31-12-10-28)27-5-7-29(8-6-27)17(30)32-16(18(21,22)23)19(24,25)26/h1-4,15-16H,5-12H2. The molecule has 2 aliphatic heterocycles. The van der Waals surface area contributed by atoms with Gasteiger partial charge in [-0.1, -0.05) is 99.4 Å². The third kappa shape index (κ3) is 6.97. The van der Waals surface area contributed by atoms with Crippen molar-refractivity contribution in [2.24, 2.45) is 0 Å². The van der Waals surface area contributed by atoms with Crippen LogP contribution in [-0.4, -0.2) is 87.0 Å². The summed E-state index contributed by atoms with van der Waals surface area (Å²) in [4.78, 5) is 18.8. The quantitative estimate of drug-likeness (QED) is 0.433. The Morgan fingerprint density at radius 3 is 1.94 bits per heavy atom. The molecule has 0 bridgehead atoms. The van der Waals surface area contributed by atoms with Crippen molar-refractivity contribution in [1.29, 1.82) is 0 Å². The topological polar surface area (TPSA) is 45.2 Å². The number of carbonyl (C=O) groups is 1. The van der Waals surface area contributed by atoms with Gasteiger partial charge in [0.2, 0.25) is 7.59 Å². The number of amides is 1. The summed E-state index contributed by atoms with van der Waals surface area (Å²) in [6.07, 6.45) is -2.33. The van der Waals surface area contributed by atoms with Gasteiger partial charge in [0.1, 0.15) is 0 Å². The van der Waals surface area contributed by atoms with Crippen molar-refractivity contribution in [1.82, 2.24) is 14.7 Å². The Bertz CT molecular complexity index is 762. The number of alkyl halides is 6. The van der Waals surface area contributed by atoms with Gasteiger partial charge in [-0.3, -0.25) is 9.80 Å². The summed E-state index contributed by atoms with van der Waals surface area (Å²) in [5, 5.41) is 0.694. The predicted octanol–water partition coefficient (Wildman–Crippen LogP) is 5.53. The number of hydrogen-bond donors (Lipinski definition) is 0. The van der Waals surface area contributed by atoms with Gasteiger partial charge >= 0.3 is 6.09 Å². The molecule has 2 heterocycles. The molecule has 0 spiro atoms. The molecule has 1 amide bonds. The normalized spacial score (nSPS) is 20.4. The van der Waals surface area contributed by atoms with Crippen molar-refractivity contribution in [2.75, 3.05) is 52.5 Å². The summed E-state index contributed by atoms with van der Waals surface area (Å²) in [6, 6.07) is 7.78. The van der Waals surface area contributed by atoms with Crippen LogP contribution in [0.25, 0.3) is 0 Å². The van der Waals surface area contributed by atoms with Crippen LogP contribution in [0.5, 0.6) is 0 Å². The molecule has 6 nitrogen and oxygen atoms in total. The van der Waals surface area contributed by atoms with Crippen molar-refractivity contribution >= 4 is 87.3 Å². The molecular formula is C19H22Cl7N3O3. The minimum absolute atomic E-state index is 0.0409. The number of morpholine rings is 1. The van der Waals surface area contributed by atoms with E-state index in [0.717, 1.165) is 18.7 Å². The van der Waals surface area contributed by atoms with Crippen molar-refractivity contribution in [3.05, 3.63) is 34.9 Å². The van der Waals surface area contributed by atoms with Crippen LogP contribution in [0.15, 0.2) is 24.3 Å². The minimum Gasteiger partial charge on any atom is -0.437 e. The second-order valence-electron chi connectivity index (χ2n) is 7.41. The van der Waals surface area contributed by atoms with Crippen LogP contribution < -0.4 is 0 Å². The highest BCUT2D eigenvalue weighted by Gasteiger charge is 2.50. The number of halogens is 7. The lowest BCUT2D eigenvalue weighted by atomic mass is 10.1. The Morgan fingerprint density at radius 1 is 0.875 bits per heavy atom. The Hall–Kier alpha value is 0.400. The molecule has 2 saturated heterocycles. The van der Waals surface area contributed by atoms with E-state index >= 15 is 0 Å². The van der Waals surface area contributed by atoms with Crippen LogP contribution in [0.1, 0.15) is 11.7 Å². The summed E-state index contributed by atoms with van der Waals surface area (Å²) in [7, 11) is 0. The number of piperazine rings is 1. The van der Waals surface area contributed by atoms with E-state index in [1.54, 1.807) is 0 Å². The van der Waals surface area contributed by atoms with E-state index in [9.17, 15) is 4.79 Å². The molecule has 2 aliphatic rings. The second-order valence-corrected chi connectivity index (χ2v) is 12.6. The van der Waals surface area contributed by atoms with Gasteiger partial charge in [-0.05, 0) is 6.07 Å². The van der Waals surface area contributed by atoms with E-state index < -0.39 is 19.8 Å². The summed E-state index contributed by atoms with van der Waals surface area (Å²) in [5.41, 5.74) is 1.01. The molecule has 13 heteroatoms. The SMILES string of the molecule is O=C(OC(C(Cl)(Cl)Cl)C(Cl)(Cl)Cl)N1CCN(C(c2ccccc2Cl)N2CCOCC2)CC1. The summed E-state index contributed by atoms with van der Waals surface area (Å²) in [6.45, 7) is 4.81. The number of hydrogen-bond acceptors (Lipinski definition) is 5. The largest absolute Gasteiger partial charge is 0.437 e. The van der Waals surface area contributed by atoms with Crippen molar-refractivity contribution in [3.8, 4) is 0 Å². The molecule has 32 heavy (non-hydrogen) atoms.